The summed E-state index contributed by atoms with van der Waals surface area (Å²) in [5.74, 6) is 1.68. The van der Waals surface area contributed by atoms with Gasteiger partial charge in [-0.25, -0.2) is 14.5 Å². The Morgan fingerprint density at radius 3 is 2.71 bits per heavy atom. The van der Waals surface area contributed by atoms with Crippen LogP contribution in [0.25, 0.3) is 44.2 Å². The number of fused-ring (bicyclic) bond motifs is 1. The molecule has 2 aliphatic carbocycles. The average Bonchev–Trinajstić information content (AvgIpc) is 3.65. The molecule has 2 aliphatic rings. The van der Waals surface area contributed by atoms with Crippen LogP contribution in [0, 0.1) is 17.9 Å². The first-order valence-electron chi connectivity index (χ1n) is 14.2. The van der Waals surface area contributed by atoms with E-state index in [1.807, 2.05) is 25.2 Å². The van der Waals surface area contributed by atoms with Crippen LogP contribution in [0.15, 0.2) is 53.7 Å². The van der Waals surface area contributed by atoms with Crippen molar-refractivity contribution in [3.63, 3.8) is 0 Å². The lowest BCUT2D eigenvalue weighted by Gasteiger charge is -2.39. The number of aromatic nitrogens is 6. The number of aromatic amines is 1. The molecule has 2 fully saturated rings. The minimum Gasteiger partial charge on any atom is -0.359 e. The van der Waals surface area contributed by atoms with Gasteiger partial charge in [0.05, 0.1) is 22.7 Å². The van der Waals surface area contributed by atoms with Crippen molar-refractivity contribution in [2.45, 2.75) is 57.0 Å². The van der Waals surface area contributed by atoms with Crippen LogP contribution in [0.3, 0.4) is 0 Å². The highest BCUT2D eigenvalue weighted by Crippen LogP contribution is 2.42. The predicted octanol–water partition coefficient (Wildman–Crippen LogP) is 5.51. The van der Waals surface area contributed by atoms with Crippen molar-refractivity contribution in [3.8, 4) is 34.4 Å². The molecule has 1 aromatic carbocycles. The third kappa shape index (κ3) is 4.56. The lowest BCUT2D eigenvalue weighted by Crippen LogP contribution is -2.47. The van der Waals surface area contributed by atoms with E-state index >= 15 is 0 Å². The van der Waals surface area contributed by atoms with Crippen LogP contribution >= 0.6 is 0 Å². The molecule has 42 heavy (non-hydrogen) atoms. The Morgan fingerprint density at radius 2 is 2.02 bits per heavy atom. The van der Waals surface area contributed by atoms with Gasteiger partial charge in [-0.2, -0.15) is 5.26 Å². The number of nitriles is 1. The summed E-state index contributed by atoms with van der Waals surface area (Å²) < 4.78 is 3.29. The van der Waals surface area contributed by atoms with E-state index in [9.17, 15) is 10.1 Å². The maximum atomic E-state index is 13.8. The van der Waals surface area contributed by atoms with Gasteiger partial charge in [0.2, 0.25) is 5.82 Å². The molecule has 0 aliphatic heterocycles. The van der Waals surface area contributed by atoms with Crippen LogP contribution < -0.4 is 10.9 Å². The number of aryl methyl sites for hydroxylation is 1. The highest BCUT2D eigenvalue weighted by atomic mass is 16.1. The second-order valence-electron chi connectivity index (χ2n) is 11.7. The number of imidazole rings is 1. The maximum absolute atomic E-state index is 13.8. The average molecular weight is 556 g/mol. The Labute approximate surface area is 242 Å². The number of H-pyrrole nitrogens is 1. The number of hydrogen-bond acceptors (Lipinski definition) is 6. The summed E-state index contributed by atoms with van der Waals surface area (Å²) in [6.45, 7) is 10.3. The van der Waals surface area contributed by atoms with Gasteiger partial charge < -0.3 is 19.7 Å². The lowest BCUT2D eigenvalue weighted by atomic mass is 9.78. The second kappa shape index (κ2) is 9.79. The van der Waals surface area contributed by atoms with E-state index in [0.29, 0.717) is 40.7 Å². The van der Waals surface area contributed by atoms with E-state index in [2.05, 4.69) is 44.2 Å². The van der Waals surface area contributed by atoms with Crippen LogP contribution in [-0.4, -0.2) is 34.6 Å². The number of nitrogens with zero attached hydrogens (tertiary/aromatic N) is 7. The number of hydrogen-bond donors (Lipinski definition) is 2. The lowest BCUT2D eigenvalue weighted by molar-refractivity contribution is 0.206. The minimum absolute atomic E-state index is 0.158. The molecular formula is C32H29N9O. The van der Waals surface area contributed by atoms with Gasteiger partial charge in [-0.05, 0) is 80.5 Å². The van der Waals surface area contributed by atoms with Crippen molar-refractivity contribution < 1.29 is 0 Å². The van der Waals surface area contributed by atoms with Crippen molar-refractivity contribution in [1.82, 2.24) is 34.4 Å². The quantitative estimate of drug-likeness (QED) is 0.256. The summed E-state index contributed by atoms with van der Waals surface area (Å²) in [6.07, 6.45) is 8.87. The Morgan fingerprint density at radius 1 is 1.19 bits per heavy atom. The van der Waals surface area contributed by atoms with Gasteiger partial charge in [-0.1, -0.05) is 12.6 Å². The zero-order valence-corrected chi connectivity index (χ0v) is 23.5. The van der Waals surface area contributed by atoms with Gasteiger partial charge in [0, 0.05) is 42.6 Å². The van der Waals surface area contributed by atoms with Crippen LogP contribution in [0.4, 0.5) is 5.82 Å². The second-order valence-corrected chi connectivity index (χ2v) is 11.7. The summed E-state index contributed by atoms with van der Waals surface area (Å²) in [7, 11) is 1.83. The summed E-state index contributed by atoms with van der Waals surface area (Å²) >= 11 is 0. The van der Waals surface area contributed by atoms with Gasteiger partial charge in [-0.15, -0.1) is 4.98 Å². The fourth-order valence-electron chi connectivity index (χ4n) is 5.72. The van der Waals surface area contributed by atoms with Gasteiger partial charge in [0.25, 0.3) is 11.4 Å². The Hall–Kier alpha value is -5.06. The monoisotopic (exact) mass is 555 g/mol. The number of rotatable bonds is 7. The first-order chi connectivity index (χ1) is 20.3. The summed E-state index contributed by atoms with van der Waals surface area (Å²) in [5, 5.41) is 13.2. The van der Waals surface area contributed by atoms with Crippen molar-refractivity contribution in [1.29, 1.82) is 5.26 Å². The van der Waals surface area contributed by atoms with Crippen molar-refractivity contribution in [2.75, 3.05) is 0 Å². The van der Waals surface area contributed by atoms with Gasteiger partial charge >= 0.3 is 0 Å². The van der Waals surface area contributed by atoms with E-state index < -0.39 is 0 Å². The SMILES string of the molecule is [C-]#[N+]c1cn(C)c(-c2cc(C#N)ccc2-c2cc(C3CC3)nc(-n3cnc4cc(CNC5(C)CCC5)[nH]c4c3=O)c2)n1. The molecule has 0 radical (unpaired) electrons. The first kappa shape index (κ1) is 25.9. The fraction of sp³-hybridized carbons (Fsp3) is 0.312. The summed E-state index contributed by atoms with van der Waals surface area (Å²) in [5.41, 5.74) is 5.78. The molecular weight excluding hydrogens is 526 g/mol. The van der Waals surface area contributed by atoms with Crippen LogP contribution in [0.5, 0.6) is 0 Å². The van der Waals surface area contributed by atoms with E-state index in [0.717, 1.165) is 53.8 Å². The largest absolute Gasteiger partial charge is 0.359 e. The molecule has 4 aromatic heterocycles. The van der Waals surface area contributed by atoms with Crippen LogP contribution in [0.1, 0.15) is 61.9 Å². The Balaban J connectivity index is 1.33. The molecule has 10 heteroatoms. The normalized spacial score (nSPS) is 15.7. The smallest absolute Gasteiger partial charge is 0.288 e. The molecule has 0 spiro atoms. The summed E-state index contributed by atoms with van der Waals surface area (Å²) in [4.78, 5) is 34.6. The van der Waals surface area contributed by atoms with Gasteiger partial charge in [0.15, 0.2) is 0 Å². The van der Waals surface area contributed by atoms with E-state index in [1.165, 1.54) is 11.0 Å². The zero-order valence-electron chi connectivity index (χ0n) is 23.5. The van der Waals surface area contributed by atoms with Crippen molar-refractivity contribution in [2.24, 2.45) is 7.05 Å². The van der Waals surface area contributed by atoms with Gasteiger partial charge in [0.1, 0.15) is 17.7 Å². The number of nitrogens with one attached hydrogen (secondary N) is 2. The van der Waals surface area contributed by atoms with E-state index in [4.69, 9.17) is 11.6 Å². The molecule has 0 unspecified atom stereocenters. The molecule has 0 saturated heterocycles. The molecule has 2 N–H and O–H groups in total. The van der Waals surface area contributed by atoms with Crippen molar-refractivity contribution >= 4 is 16.9 Å². The third-order valence-corrected chi connectivity index (χ3v) is 8.51. The minimum atomic E-state index is -0.210. The predicted molar refractivity (Wildman–Crippen MR) is 159 cm³/mol. The summed E-state index contributed by atoms with van der Waals surface area (Å²) in [6, 6.07) is 13.5. The first-order valence-corrected chi connectivity index (χ1v) is 14.2. The molecule has 208 valence electrons. The molecule has 4 heterocycles. The number of pyridine rings is 1. The molecule has 0 bridgehead atoms. The van der Waals surface area contributed by atoms with E-state index in [-0.39, 0.29) is 16.9 Å². The molecule has 0 atom stereocenters. The molecule has 7 rings (SSSR count). The highest BCUT2D eigenvalue weighted by Gasteiger charge is 2.31. The fourth-order valence-corrected chi connectivity index (χ4v) is 5.72. The third-order valence-electron chi connectivity index (χ3n) is 8.51. The molecule has 0 amide bonds. The molecule has 2 saturated carbocycles. The Kier molecular flexibility index (Phi) is 6.03. The van der Waals surface area contributed by atoms with Crippen LogP contribution in [0.2, 0.25) is 0 Å². The van der Waals surface area contributed by atoms with E-state index in [1.54, 1.807) is 29.2 Å². The van der Waals surface area contributed by atoms with Crippen molar-refractivity contribution in [3.05, 3.63) is 87.6 Å². The number of benzene rings is 1. The molecule has 5 aromatic rings. The van der Waals surface area contributed by atoms with Gasteiger partial charge in [-0.3, -0.25) is 4.79 Å². The standard InChI is InChI=1S/C32H29N9O/c1-32(9-4-10-32)36-16-22-14-26-29(37-22)31(42)41(18-35-26)28-13-21(12-25(38-28)20-6-7-20)23-8-5-19(15-33)11-24(23)30-39-27(34-2)17-40(30)3/h5,8,11-14,17-18,20,36-37H,4,6-7,9-10,16H2,1,3H3. The maximum Gasteiger partial charge on any atom is 0.288 e. The van der Waals surface area contributed by atoms with Crippen LogP contribution in [-0.2, 0) is 13.6 Å². The topological polar surface area (TPSA) is 122 Å². The zero-order chi connectivity index (χ0) is 29.0. The highest BCUT2D eigenvalue weighted by molar-refractivity contribution is 5.83. The Bertz CT molecular complexity index is 2010. The molecule has 10 nitrogen and oxygen atoms in total.